The summed E-state index contributed by atoms with van der Waals surface area (Å²) in [6.45, 7) is 6.58. The number of hydrogen-bond donors (Lipinski definition) is 1. The maximum atomic E-state index is 5.90. The predicted molar refractivity (Wildman–Crippen MR) is 70.5 cm³/mol. The van der Waals surface area contributed by atoms with Gasteiger partial charge in [-0.2, -0.15) is 0 Å². The van der Waals surface area contributed by atoms with E-state index < -0.39 is 0 Å². The van der Waals surface area contributed by atoms with E-state index >= 15 is 0 Å². The van der Waals surface area contributed by atoms with Crippen molar-refractivity contribution in [1.29, 1.82) is 0 Å². The van der Waals surface area contributed by atoms with Crippen molar-refractivity contribution in [3.05, 3.63) is 35.4 Å². The lowest BCUT2D eigenvalue weighted by molar-refractivity contribution is 0.350. The molecule has 0 spiro atoms. The molecular formula is C14H21NO2. The van der Waals surface area contributed by atoms with Gasteiger partial charge in [-0.1, -0.05) is 11.6 Å². The number of ether oxygens (including phenoxy) is 2. The fourth-order valence-electron chi connectivity index (χ4n) is 1.44. The monoisotopic (exact) mass is 235 g/mol. The Morgan fingerprint density at radius 3 is 2.65 bits per heavy atom. The third-order valence-corrected chi connectivity index (χ3v) is 2.44. The molecule has 94 valence electrons. The minimum Gasteiger partial charge on any atom is -0.497 e. The molecule has 17 heavy (non-hydrogen) atoms. The molecule has 2 N–H and O–H groups in total. The Morgan fingerprint density at radius 2 is 2.12 bits per heavy atom. The zero-order valence-corrected chi connectivity index (χ0v) is 11.0. The van der Waals surface area contributed by atoms with Crippen LogP contribution in [0.15, 0.2) is 29.8 Å². The highest BCUT2D eigenvalue weighted by Gasteiger charge is 2.09. The number of rotatable bonds is 5. The Balaban J connectivity index is 2.89. The fourth-order valence-corrected chi connectivity index (χ4v) is 1.44. The average molecular weight is 235 g/mol. The van der Waals surface area contributed by atoms with Gasteiger partial charge in [0.05, 0.1) is 7.11 Å². The lowest BCUT2D eigenvalue weighted by atomic mass is 10.1. The van der Waals surface area contributed by atoms with Crippen LogP contribution in [-0.2, 0) is 0 Å². The standard InChI is InChI=1S/C14H21NO2/c1-10(2)7-8-17-14-9-12(16-4)5-6-13(14)11(3)15/h5-7,9,11H,8,15H2,1-4H3. The van der Waals surface area contributed by atoms with E-state index in [1.54, 1.807) is 7.11 Å². The van der Waals surface area contributed by atoms with Gasteiger partial charge in [0.2, 0.25) is 0 Å². The molecule has 1 unspecified atom stereocenters. The smallest absolute Gasteiger partial charge is 0.128 e. The van der Waals surface area contributed by atoms with Gasteiger partial charge in [0.25, 0.3) is 0 Å². The van der Waals surface area contributed by atoms with Gasteiger partial charge in [-0.3, -0.25) is 0 Å². The van der Waals surface area contributed by atoms with Crippen LogP contribution in [0.4, 0.5) is 0 Å². The summed E-state index contributed by atoms with van der Waals surface area (Å²) in [5.41, 5.74) is 8.13. The molecule has 0 aliphatic heterocycles. The van der Waals surface area contributed by atoms with Gasteiger partial charge in [0.15, 0.2) is 0 Å². The summed E-state index contributed by atoms with van der Waals surface area (Å²) in [6, 6.07) is 5.66. The van der Waals surface area contributed by atoms with E-state index in [1.807, 2.05) is 45.0 Å². The molecule has 0 aromatic heterocycles. The van der Waals surface area contributed by atoms with Crippen LogP contribution in [-0.4, -0.2) is 13.7 Å². The van der Waals surface area contributed by atoms with Crippen LogP contribution in [0.1, 0.15) is 32.4 Å². The molecule has 0 amide bonds. The zero-order chi connectivity index (χ0) is 12.8. The molecule has 1 aromatic rings. The highest BCUT2D eigenvalue weighted by Crippen LogP contribution is 2.28. The van der Waals surface area contributed by atoms with Gasteiger partial charge < -0.3 is 15.2 Å². The molecule has 0 saturated heterocycles. The minimum absolute atomic E-state index is 0.0531. The van der Waals surface area contributed by atoms with Crippen LogP contribution < -0.4 is 15.2 Å². The highest BCUT2D eigenvalue weighted by molar-refractivity contribution is 5.42. The molecule has 0 bridgehead atoms. The van der Waals surface area contributed by atoms with Crippen molar-refractivity contribution < 1.29 is 9.47 Å². The average Bonchev–Trinajstić information content (AvgIpc) is 2.28. The molecule has 0 heterocycles. The van der Waals surface area contributed by atoms with Gasteiger partial charge in [0, 0.05) is 17.7 Å². The first-order chi connectivity index (χ1) is 8.04. The molecule has 0 saturated carbocycles. The summed E-state index contributed by atoms with van der Waals surface area (Å²) < 4.78 is 10.9. The van der Waals surface area contributed by atoms with E-state index in [-0.39, 0.29) is 6.04 Å². The topological polar surface area (TPSA) is 44.5 Å². The molecule has 1 aromatic carbocycles. The van der Waals surface area contributed by atoms with Crippen molar-refractivity contribution in [1.82, 2.24) is 0 Å². The predicted octanol–water partition coefficient (Wildman–Crippen LogP) is 3.06. The largest absolute Gasteiger partial charge is 0.497 e. The van der Waals surface area contributed by atoms with Crippen LogP contribution in [0.5, 0.6) is 11.5 Å². The van der Waals surface area contributed by atoms with E-state index in [2.05, 4.69) is 0 Å². The van der Waals surface area contributed by atoms with Crippen LogP contribution in [0.3, 0.4) is 0 Å². The first kappa shape index (κ1) is 13.6. The second-order valence-corrected chi connectivity index (χ2v) is 4.28. The van der Waals surface area contributed by atoms with Crippen molar-refractivity contribution in [2.75, 3.05) is 13.7 Å². The van der Waals surface area contributed by atoms with Gasteiger partial charge in [0.1, 0.15) is 18.1 Å². The minimum atomic E-state index is -0.0531. The summed E-state index contributed by atoms with van der Waals surface area (Å²) >= 11 is 0. The summed E-state index contributed by atoms with van der Waals surface area (Å²) in [4.78, 5) is 0. The van der Waals surface area contributed by atoms with E-state index in [4.69, 9.17) is 15.2 Å². The fraction of sp³-hybridized carbons (Fsp3) is 0.429. The first-order valence-electron chi connectivity index (χ1n) is 5.74. The Morgan fingerprint density at radius 1 is 1.41 bits per heavy atom. The number of hydrogen-bond acceptors (Lipinski definition) is 3. The summed E-state index contributed by atoms with van der Waals surface area (Å²) in [5, 5.41) is 0. The van der Waals surface area contributed by atoms with Crippen molar-refractivity contribution in [3.63, 3.8) is 0 Å². The first-order valence-corrected chi connectivity index (χ1v) is 5.74. The molecular weight excluding hydrogens is 214 g/mol. The number of allylic oxidation sites excluding steroid dienone is 1. The van der Waals surface area contributed by atoms with Crippen LogP contribution in [0.25, 0.3) is 0 Å². The maximum Gasteiger partial charge on any atom is 0.128 e. The van der Waals surface area contributed by atoms with Crippen LogP contribution in [0, 0.1) is 0 Å². The summed E-state index contributed by atoms with van der Waals surface area (Å²) in [5.74, 6) is 1.57. The zero-order valence-electron chi connectivity index (χ0n) is 11.0. The molecule has 0 aliphatic carbocycles. The second kappa shape index (κ2) is 6.30. The van der Waals surface area contributed by atoms with Crippen molar-refractivity contribution >= 4 is 0 Å². The molecule has 0 aliphatic rings. The van der Waals surface area contributed by atoms with Gasteiger partial charge in [-0.15, -0.1) is 0 Å². The number of nitrogens with two attached hydrogens (primary N) is 1. The lowest BCUT2D eigenvalue weighted by Gasteiger charge is -2.14. The Hall–Kier alpha value is -1.48. The molecule has 0 fully saturated rings. The Kier molecular flexibility index (Phi) is 5.04. The maximum absolute atomic E-state index is 5.90. The van der Waals surface area contributed by atoms with Crippen LogP contribution in [0.2, 0.25) is 0 Å². The van der Waals surface area contributed by atoms with Crippen molar-refractivity contribution in [2.24, 2.45) is 5.73 Å². The van der Waals surface area contributed by atoms with E-state index in [1.165, 1.54) is 5.57 Å². The molecule has 0 radical (unpaired) electrons. The highest BCUT2D eigenvalue weighted by atomic mass is 16.5. The SMILES string of the molecule is COc1ccc(C(C)N)c(OCC=C(C)C)c1. The Labute approximate surface area is 103 Å². The molecule has 3 heteroatoms. The van der Waals surface area contributed by atoms with Gasteiger partial charge >= 0.3 is 0 Å². The van der Waals surface area contributed by atoms with Crippen molar-refractivity contribution in [2.45, 2.75) is 26.8 Å². The van der Waals surface area contributed by atoms with E-state index in [9.17, 15) is 0 Å². The summed E-state index contributed by atoms with van der Waals surface area (Å²) in [6.07, 6.45) is 2.03. The molecule has 1 rings (SSSR count). The third kappa shape index (κ3) is 4.11. The normalized spacial score (nSPS) is 11.8. The van der Waals surface area contributed by atoms with Gasteiger partial charge in [-0.25, -0.2) is 0 Å². The number of methoxy groups -OCH3 is 1. The van der Waals surface area contributed by atoms with Crippen molar-refractivity contribution in [3.8, 4) is 11.5 Å². The summed E-state index contributed by atoms with van der Waals surface area (Å²) in [7, 11) is 1.64. The van der Waals surface area contributed by atoms with E-state index in [0.29, 0.717) is 6.61 Å². The van der Waals surface area contributed by atoms with E-state index in [0.717, 1.165) is 17.1 Å². The van der Waals surface area contributed by atoms with Gasteiger partial charge in [-0.05, 0) is 32.9 Å². The Bertz CT molecular complexity index is 393. The quantitative estimate of drug-likeness (QED) is 0.798. The third-order valence-electron chi connectivity index (χ3n) is 2.44. The number of benzene rings is 1. The second-order valence-electron chi connectivity index (χ2n) is 4.28. The molecule has 3 nitrogen and oxygen atoms in total. The van der Waals surface area contributed by atoms with Crippen LogP contribution >= 0.6 is 0 Å². The lowest BCUT2D eigenvalue weighted by Crippen LogP contribution is -2.08. The molecule has 1 atom stereocenters.